The second-order valence-electron chi connectivity index (χ2n) is 2.36. The van der Waals surface area contributed by atoms with Crippen molar-refractivity contribution in [1.29, 1.82) is 0 Å². The van der Waals surface area contributed by atoms with Crippen molar-refractivity contribution in [2.75, 3.05) is 18.9 Å². The van der Waals surface area contributed by atoms with Gasteiger partial charge in [-0.2, -0.15) is 0 Å². The van der Waals surface area contributed by atoms with Crippen LogP contribution >= 0.6 is 0 Å². The molecule has 0 atom stereocenters. The summed E-state index contributed by atoms with van der Waals surface area (Å²) < 4.78 is 4.55. The first-order valence-electron chi connectivity index (χ1n) is 3.65. The minimum Gasteiger partial charge on any atom is -0.363 e. The van der Waals surface area contributed by atoms with Crippen molar-refractivity contribution in [2.45, 2.75) is 6.92 Å². The zero-order valence-electron chi connectivity index (χ0n) is 7.07. The van der Waals surface area contributed by atoms with Crippen molar-refractivity contribution in [3.8, 4) is 0 Å². The molecule has 0 unspecified atom stereocenters. The summed E-state index contributed by atoms with van der Waals surface area (Å²) in [6.45, 7) is 2.56. The fraction of sp³-hybridized carbons (Fsp3) is 0.429. The Morgan fingerprint density at radius 2 is 2.58 bits per heavy atom. The summed E-state index contributed by atoms with van der Waals surface area (Å²) in [4.78, 5) is 12.7. The number of nitrogens with one attached hydrogen (secondary N) is 1. The monoisotopic (exact) mass is 169 g/mol. The zero-order chi connectivity index (χ0) is 8.97. The topological polar surface area (TPSA) is 58.4 Å². The highest BCUT2D eigenvalue weighted by atomic mass is 16.5. The molecule has 1 N–H and O–H groups in total. The number of hydrogen-bond donors (Lipinski definition) is 1. The third-order valence-electron chi connectivity index (χ3n) is 1.50. The molecule has 1 heterocycles. The SMILES string of the molecule is CCN(C)C(=O)Nc1cnoc1. The highest BCUT2D eigenvalue weighted by molar-refractivity contribution is 5.88. The standard InChI is InChI=1S/C7H11N3O2/c1-3-10(2)7(11)9-6-4-8-12-5-6/h4-5H,3H2,1-2H3,(H,9,11). The molecule has 0 aliphatic carbocycles. The molecule has 0 aliphatic rings. The van der Waals surface area contributed by atoms with Crippen molar-refractivity contribution >= 4 is 11.7 Å². The Balaban J connectivity index is 2.47. The summed E-state index contributed by atoms with van der Waals surface area (Å²) >= 11 is 0. The van der Waals surface area contributed by atoms with E-state index in [-0.39, 0.29) is 6.03 Å². The molecule has 0 saturated heterocycles. The number of aromatic nitrogens is 1. The van der Waals surface area contributed by atoms with E-state index in [1.165, 1.54) is 12.5 Å². The Labute approximate surface area is 70.3 Å². The van der Waals surface area contributed by atoms with Crippen LogP contribution in [0.25, 0.3) is 0 Å². The normalized spacial score (nSPS) is 9.50. The minimum atomic E-state index is -0.166. The Bertz CT molecular complexity index is 245. The smallest absolute Gasteiger partial charge is 0.321 e. The summed E-state index contributed by atoms with van der Waals surface area (Å²) in [5, 5.41) is 6.06. The van der Waals surface area contributed by atoms with Crippen LogP contribution in [0.4, 0.5) is 10.5 Å². The molecule has 0 saturated carbocycles. The van der Waals surface area contributed by atoms with Crippen LogP contribution in [0.1, 0.15) is 6.92 Å². The van der Waals surface area contributed by atoms with Crippen LogP contribution in [0.15, 0.2) is 17.0 Å². The van der Waals surface area contributed by atoms with E-state index in [0.717, 1.165) is 0 Å². The summed E-state index contributed by atoms with van der Waals surface area (Å²) in [5.41, 5.74) is 0.570. The molecule has 1 aromatic rings. The average molecular weight is 169 g/mol. The minimum absolute atomic E-state index is 0.166. The van der Waals surface area contributed by atoms with Gasteiger partial charge >= 0.3 is 6.03 Å². The van der Waals surface area contributed by atoms with E-state index in [0.29, 0.717) is 12.2 Å². The quantitative estimate of drug-likeness (QED) is 0.722. The van der Waals surface area contributed by atoms with E-state index in [9.17, 15) is 4.79 Å². The van der Waals surface area contributed by atoms with E-state index in [2.05, 4.69) is 15.0 Å². The molecular weight excluding hydrogens is 158 g/mol. The van der Waals surface area contributed by atoms with E-state index in [4.69, 9.17) is 0 Å². The number of carbonyl (C=O) groups is 1. The van der Waals surface area contributed by atoms with Crippen molar-refractivity contribution in [1.82, 2.24) is 10.1 Å². The number of rotatable bonds is 2. The van der Waals surface area contributed by atoms with Crippen LogP contribution in [0.2, 0.25) is 0 Å². The largest absolute Gasteiger partial charge is 0.363 e. The molecule has 1 rings (SSSR count). The van der Waals surface area contributed by atoms with Crippen LogP contribution in [0.5, 0.6) is 0 Å². The number of amides is 2. The lowest BCUT2D eigenvalue weighted by molar-refractivity contribution is 0.224. The fourth-order valence-corrected chi connectivity index (χ4v) is 0.629. The average Bonchev–Trinajstić information content (AvgIpc) is 2.55. The van der Waals surface area contributed by atoms with Gasteiger partial charge in [-0.25, -0.2) is 4.79 Å². The van der Waals surface area contributed by atoms with Gasteiger partial charge in [-0.3, -0.25) is 0 Å². The van der Waals surface area contributed by atoms with Gasteiger partial charge in [-0.15, -0.1) is 0 Å². The lowest BCUT2D eigenvalue weighted by Gasteiger charge is -2.13. The summed E-state index contributed by atoms with van der Waals surface area (Å²) in [5.74, 6) is 0. The zero-order valence-corrected chi connectivity index (χ0v) is 7.07. The Hall–Kier alpha value is -1.52. The van der Waals surface area contributed by atoms with Gasteiger partial charge in [0, 0.05) is 13.6 Å². The van der Waals surface area contributed by atoms with Crippen LogP contribution in [-0.2, 0) is 0 Å². The summed E-state index contributed by atoms with van der Waals surface area (Å²) in [6.07, 6.45) is 2.82. The molecule has 0 aliphatic heterocycles. The molecule has 0 spiro atoms. The molecule has 0 fully saturated rings. The number of anilines is 1. The van der Waals surface area contributed by atoms with Gasteiger partial charge in [0.2, 0.25) is 0 Å². The molecule has 12 heavy (non-hydrogen) atoms. The van der Waals surface area contributed by atoms with Gasteiger partial charge in [0.15, 0.2) is 0 Å². The molecule has 5 heteroatoms. The molecule has 66 valence electrons. The van der Waals surface area contributed by atoms with E-state index in [1.807, 2.05) is 6.92 Å². The second-order valence-corrected chi connectivity index (χ2v) is 2.36. The molecular formula is C7H11N3O2. The van der Waals surface area contributed by atoms with Crippen LogP contribution in [-0.4, -0.2) is 29.7 Å². The molecule has 5 nitrogen and oxygen atoms in total. The van der Waals surface area contributed by atoms with Gasteiger partial charge in [-0.1, -0.05) is 5.16 Å². The van der Waals surface area contributed by atoms with Crippen molar-refractivity contribution < 1.29 is 9.32 Å². The van der Waals surface area contributed by atoms with Gasteiger partial charge < -0.3 is 14.7 Å². The van der Waals surface area contributed by atoms with E-state index < -0.39 is 0 Å². The van der Waals surface area contributed by atoms with Gasteiger partial charge in [0.25, 0.3) is 0 Å². The molecule has 1 aromatic heterocycles. The Kier molecular flexibility index (Phi) is 2.68. The lowest BCUT2D eigenvalue weighted by Crippen LogP contribution is -2.30. The highest BCUT2D eigenvalue weighted by Crippen LogP contribution is 2.04. The molecule has 0 aromatic carbocycles. The van der Waals surface area contributed by atoms with Crippen molar-refractivity contribution in [3.05, 3.63) is 12.5 Å². The maximum Gasteiger partial charge on any atom is 0.321 e. The van der Waals surface area contributed by atoms with E-state index in [1.54, 1.807) is 11.9 Å². The van der Waals surface area contributed by atoms with Crippen LogP contribution in [0.3, 0.4) is 0 Å². The van der Waals surface area contributed by atoms with Gasteiger partial charge in [0.05, 0.1) is 6.20 Å². The van der Waals surface area contributed by atoms with Crippen molar-refractivity contribution in [2.24, 2.45) is 0 Å². The maximum absolute atomic E-state index is 11.2. The third kappa shape index (κ3) is 1.98. The second kappa shape index (κ2) is 3.75. The highest BCUT2D eigenvalue weighted by Gasteiger charge is 2.06. The summed E-state index contributed by atoms with van der Waals surface area (Å²) in [6, 6.07) is -0.166. The fourth-order valence-electron chi connectivity index (χ4n) is 0.629. The van der Waals surface area contributed by atoms with Crippen LogP contribution < -0.4 is 5.32 Å². The van der Waals surface area contributed by atoms with Crippen molar-refractivity contribution in [3.63, 3.8) is 0 Å². The van der Waals surface area contributed by atoms with Gasteiger partial charge in [0.1, 0.15) is 12.0 Å². The number of carbonyl (C=O) groups excluding carboxylic acids is 1. The number of urea groups is 1. The first kappa shape index (κ1) is 8.58. The predicted molar refractivity (Wildman–Crippen MR) is 43.8 cm³/mol. The molecule has 0 radical (unpaired) electrons. The molecule has 0 bridgehead atoms. The Morgan fingerprint density at radius 3 is 3.08 bits per heavy atom. The predicted octanol–water partition coefficient (Wildman–Crippen LogP) is 1.16. The first-order valence-corrected chi connectivity index (χ1v) is 3.65. The number of hydrogen-bond acceptors (Lipinski definition) is 3. The van der Waals surface area contributed by atoms with Gasteiger partial charge in [-0.05, 0) is 6.92 Å². The maximum atomic E-state index is 11.2. The lowest BCUT2D eigenvalue weighted by atomic mass is 10.5. The number of nitrogens with zero attached hydrogens (tertiary/aromatic N) is 2. The summed E-state index contributed by atoms with van der Waals surface area (Å²) in [7, 11) is 1.71. The van der Waals surface area contributed by atoms with Crippen LogP contribution in [0, 0.1) is 0 Å². The van der Waals surface area contributed by atoms with E-state index >= 15 is 0 Å². The third-order valence-corrected chi connectivity index (χ3v) is 1.50. The Morgan fingerprint density at radius 1 is 1.83 bits per heavy atom. The molecule has 2 amide bonds. The first-order chi connectivity index (χ1) is 5.74.